The van der Waals surface area contributed by atoms with E-state index in [1.807, 2.05) is 0 Å². The topological polar surface area (TPSA) is 71.8 Å². The van der Waals surface area contributed by atoms with Crippen LogP contribution in [-0.4, -0.2) is 46.6 Å². The van der Waals surface area contributed by atoms with Gasteiger partial charge in [-0.25, -0.2) is 12.7 Å². The first-order valence-corrected chi connectivity index (χ1v) is 8.67. The number of hydrogen-bond acceptors (Lipinski definition) is 5. The second kappa shape index (κ2) is 6.91. The summed E-state index contributed by atoms with van der Waals surface area (Å²) in [6, 6.07) is 1.61. The summed E-state index contributed by atoms with van der Waals surface area (Å²) in [6.45, 7) is 4.09. The average Bonchev–Trinajstić information content (AvgIpc) is 2.82. The number of rotatable bonds is 6. The second-order valence-electron chi connectivity index (χ2n) is 5.53. The summed E-state index contributed by atoms with van der Waals surface area (Å²) in [6.07, 6.45) is 2.00. The Labute approximate surface area is 126 Å². The van der Waals surface area contributed by atoms with Gasteiger partial charge in [0.25, 0.3) is 0 Å². The Kier molecular flexibility index (Phi) is 5.43. The third kappa shape index (κ3) is 3.85. The molecule has 120 valence electrons. The summed E-state index contributed by atoms with van der Waals surface area (Å²) in [5, 5.41) is 2.95. The van der Waals surface area contributed by atoms with Crippen LogP contribution >= 0.6 is 0 Å². The van der Waals surface area contributed by atoms with E-state index in [4.69, 9.17) is 9.15 Å². The zero-order valence-corrected chi connectivity index (χ0v) is 13.7. The molecule has 2 heterocycles. The van der Waals surface area contributed by atoms with E-state index in [2.05, 4.69) is 5.32 Å². The van der Waals surface area contributed by atoms with Crippen molar-refractivity contribution in [1.29, 1.82) is 0 Å². The summed E-state index contributed by atoms with van der Waals surface area (Å²) in [5.41, 5.74) is 0. The first-order valence-electron chi connectivity index (χ1n) is 7.23. The van der Waals surface area contributed by atoms with Gasteiger partial charge in [-0.1, -0.05) is 0 Å². The molecule has 1 atom stereocenters. The Balaban J connectivity index is 2.12. The van der Waals surface area contributed by atoms with Gasteiger partial charge in [-0.3, -0.25) is 0 Å². The molecule has 2 rings (SSSR count). The first-order chi connectivity index (χ1) is 9.95. The highest BCUT2D eigenvalue weighted by Crippen LogP contribution is 2.24. The second-order valence-corrected chi connectivity index (χ2v) is 7.55. The molecular weight excluding hydrogens is 292 g/mol. The van der Waals surface area contributed by atoms with Crippen LogP contribution in [0.3, 0.4) is 0 Å². The fraction of sp³-hybridized carbons (Fsp3) is 0.714. The predicted molar refractivity (Wildman–Crippen MR) is 79.6 cm³/mol. The van der Waals surface area contributed by atoms with Crippen LogP contribution in [0.2, 0.25) is 0 Å². The van der Waals surface area contributed by atoms with Crippen molar-refractivity contribution in [1.82, 2.24) is 9.62 Å². The van der Waals surface area contributed by atoms with Gasteiger partial charge in [-0.15, -0.1) is 0 Å². The van der Waals surface area contributed by atoms with Crippen molar-refractivity contribution >= 4 is 10.0 Å². The normalized spacial score (nSPS) is 20.1. The maximum absolute atomic E-state index is 12.6. The maximum atomic E-state index is 12.6. The molecular formula is C14H24N2O4S. The van der Waals surface area contributed by atoms with Gasteiger partial charge in [-0.05, 0) is 32.7 Å². The summed E-state index contributed by atoms with van der Waals surface area (Å²) >= 11 is 0. The monoisotopic (exact) mass is 316 g/mol. The molecule has 21 heavy (non-hydrogen) atoms. The highest BCUT2D eigenvalue weighted by Gasteiger charge is 2.28. The minimum atomic E-state index is -3.51. The summed E-state index contributed by atoms with van der Waals surface area (Å²) in [4.78, 5) is 0.256. The van der Waals surface area contributed by atoms with Gasteiger partial charge in [0.15, 0.2) is 0 Å². The predicted octanol–water partition coefficient (Wildman–Crippen LogP) is 1.35. The minimum Gasteiger partial charge on any atom is -0.464 e. The van der Waals surface area contributed by atoms with Gasteiger partial charge < -0.3 is 14.5 Å². The van der Waals surface area contributed by atoms with Crippen LogP contribution in [0.1, 0.15) is 24.4 Å². The SMILES string of the molecule is CNCc1cc(S(=O)(=O)N(C)CC2CCCOC2)c(C)o1. The molecule has 0 aromatic carbocycles. The van der Waals surface area contributed by atoms with Gasteiger partial charge in [0.1, 0.15) is 16.4 Å². The van der Waals surface area contributed by atoms with Crippen LogP contribution in [0.15, 0.2) is 15.4 Å². The summed E-state index contributed by atoms with van der Waals surface area (Å²) in [5.74, 6) is 1.33. The van der Waals surface area contributed by atoms with Crippen LogP contribution in [0, 0.1) is 12.8 Å². The molecule has 0 radical (unpaired) electrons. The zero-order chi connectivity index (χ0) is 15.5. The molecule has 1 aromatic heterocycles. The molecule has 0 spiro atoms. The fourth-order valence-corrected chi connectivity index (χ4v) is 4.05. The Bertz CT molecular complexity index is 562. The lowest BCUT2D eigenvalue weighted by atomic mass is 10.0. The van der Waals surface area contributed by atoms with Crippen molar-refractivity contribution in [3.05, 3.63) is 17.6 Å². The Morgan fingerprint density at radius 1 is 1.48 bits per heavy atom. The van der Waals surface area contributed by atoms with Gasteiger partial charge >= 0.3 is 0 Å². The van der Waals surface area contributed by atoms with Crippen molar-refractivity contribution in [3.63, 3.8) is 0 Å². The fourth-order valence-electron chi connectivity index (χ4n) is 2.62. The van der Waals surface area contributed by atoms with Gasteiger partial charge in [-0.2, -0.15) is 0 Å². The lowest BCUT2D eigenvalue weighted by Gasteiger charge is -2.26. The molecule has 7 heteroatoms. The molecule has 1 saturated heterocycles. The van der Waals surface area contributed by atoms with Crippen LogP contribution in [-0.2, 0) is 21.3 Å². The number of sulfonamides is 1. The molecule has 1 aliphatic rings. The van der Waals surface area contributed by atoms with E-state index in [-0.39, 0.29) is 10.8 Å². The standard InChI is InChI=1S/C14H24N2O4S/c1-11-14(7-13(20-11)8-15-2)21(17,18)16(3)9-12-5-4-6-19-10-12/h7,12,15H,4-6,8-10H2,1-3H3. The molecule has 0 saturated carbocycles. The lowest BCUT2D eigenvalue weighted by Crippen LogP contribution is -2.35. The van der Waals surface area contributed by atoms with Crippen LogP contribution in [0.5, 0.6) is 0 Å². The number of ether oxygens (including phenoxy) is 1. The van der Waals surface area contributed by atoms with E-state index in [0.717, 1.165) is 19.4 Å². The Morgan fingerprint density at radius 2 is 2.24 bits per heavy atom. The van der Waals surface area contributed by atoms with Crippen LogP contribution in [0.4, 0.5) is 0 Å². The zero-order valence-electron chi connectivity index (χ0n) is 12.9. The van der Waals surface area contributed by atoms with Gasteiger partial charge in [0, 0.05) is 26.3 Å². The van der Waals surface area contributed by atoms with Crippen LogP contribution in [0.25, 0.3) is 0 Å². The third-order valence-electron chi connectivity index (χ3n) is 3.73. The minimum absolute atomic E-state index is 0.256. The maximum Gasteiger partial charge on any atom is 0.246 e. The van der Waals surface area contributed by atoms with Gasteiger partial charge in [0.2, 0.25) is 10.0 Å². The smallest absolute Gasteiger partial charge is 0.246 e. The van der Waals surface area contributed by atoms with Gasteiger partial charge in [0.05, 0.1) is 13.2 Å². The number of nitrogens with one attached hydrogen (secondary N) is 1. The van der Waals surface area contributed by atoms with Crippen molar-refractivity contribution < 1.29 is 17.6 Å². The molecule has 1 unspecified atom stereocenters. The van der Waals surface area contributed by atoms with Crippen LogP contribution < -0.4 is 5.32 Å². The van der Waals surface area contributed by atoms with E-state index in [9.17, 15) is 8.42 Å². The van der Waals surface area contributed by atoms with Crippen molar-refractivity contribution in [3.8, 4) is 0 Å². The van der Waals surface area contributed by atoms with E-state index in [1.165, 1.54) is 4.31 Å². The van der Waals surface area contributed by atoms with E-state index in [0.29, 0.717) is 31.2 Å². The Hall–Kier alpha value is -0.890. The van der Waals surface area contributed by atoms with E-state index < -0.39 is 10.0 Å². The lowest BCUT2D eigenvalue weighted by molar-refractivity contribution is 0.0495. The molecule has 1 aromatic rings. The Morgan fingerprint density at radius 3 is 2.86 bits per heavy atom. The molecule has 0 aliphatic carbocycles. The first kappa shape index (κ1) is 16.5. The van der Waals surface area contributed by atoms with Crippen molar-refractivity contribution in [2.24, 2.45) is 5.92 Å². The number of aryl methyl sites for hydroxylation is 1. The average molecular weight is 316 g/mol. The van der Waals surface area contributed by atoms with E-state index >= 15 is 0 Å². The molecule has 0 bridgehead atoms. The summed E-state index contributed by atoms with van der Waals surface area (Å²) in [7, 11) is -0.0982. The summed E-state index contributed by atoms with van der Waals surface area (Å²) < 4.78 is 37.6. The number of nitrogens with zero attached hydrogens (tertiary/aromatic N) is 1. The highest BCUT2D eigenvalue weighted by molar-refractivity contribution is 7.89. The third-order valence-corrected chi connectivity index (χ3v) is 5.66. The number of furan rings is 1. The quantitative estimate of drug-likeness (QED) is 0.858. The largest absolute Gasteiger partial charge is 0.464 e. The molecule has 0 amide bonds. The highest BCUT2D eigenvalue weighted by atomic mass is 32.2. The molecule has 6 nitrogen and oxygen atoms in total. The molecule has 1 N–H and O–H groups in total. The van der Waals surface area contributed by atoms with Crippen molar-refractivity contribution in [2.45, 2.75) is 31.2 Å². The van der Waals surface area contributed by atoms with E-state index in [1.54, 1.807) is 27.1 Å². The molecule has 1 aliphatic heterocycles. The molecule has 1 fully saturated rings. The van der Waals surface area contributed by atoms with Crippen molar-refractivity contribution in [2.75, 3.05) is 33.9 Å². The number of hydrogen-bond donors (Lipinski definition) is 1.